The topological polar surface area (TPSA) is 40.7 Å². The highest BCUT2D eigenvalue weighted by molar-refractivity contribution is 5.78. The SMILES string of the molecule is Cc1cc(C)c(Nc2nc3ccccc3[nH]2)c(C)c1. The van der Waals surface area contributed by atoms with Crippen molar-refractivity contribution in [1.82, 2.24) is 9.97 Å². The van der Waals surface area contributed by atoms with Crippen LogP contribution in [-0.2, 0) is 0 Å². The van der Waals surface area contributed by atoms with Gasteiger partial charge < -0.3 is 10.3 Å². The molecule has 3 rings (SSSR count). The van der Waals surface area contributed by atoms with Gasteiger partial charge in [-0.05, 0) is 44.0 Å². The lowest BCUT2D eigenvalue weighted by molar-refractivity contribution is 1.26. The molecule has 0 spiro atoms. The molecule has 0 saturated carbocycles. The van der Waals surface area contributed by atoms with Crippen molar-refractivity contribution in [1.29, 1.82) is 0 Å². The van der Waals surface area contributed by atoms with Crippen LogP contribution in [0.2, 0.25) is 0 Å². The first-order chi connectivity index (χ1) is 9.13. The number of anilines is 2. The van der Waals surface area contributed by atoms with Gasteiger partial charge in [0.25, 0.3) is 0 Å². The van der Waals surface area contributed by atoms with Gasteiger partial charge in [0.2, 0.25) is 5.95 Å². The van der Waals surface area contributed by atoms with E-state index in [0.717, 1.165) is 22.7 Å². The fourth-order valence-corrected chi connectivity index (χ4v) is 2.51. The molecule has 2 N–H and O–H groups in total. The largest absolute Gasteiger partial charge is 0.325 e. The van der Waals surface area contributed by atoms with E-state index in [9.17, 15) is 0 Å². The molecule has 0 unspecified atom stereocenters. The van der Waals surface area contributed by atoms with Crippen LogP contribution in [0.3, 0.4) is 0 Å². The fourth-order valence-electron chi connectivity index (χ4n) is 2.51. The Bertz CT molecular complexity index is 685. The highest BCUT2D eigenvalue weighted by atomic mass is 15.1. The highest BCUT2D eigenvalue weighted by Gasteiger charge is 2.07. The summed E-state index contributed by atoms with van der Waals surface area (Å²) in [6.07, 6.45) is 0. The summed E-state index contributed by atoms with van der Waals surface area (Å²) in [5, 5.41) is 3.39. The van der Waals surface area contributed by atoms with Gasteiger partial charge in [0.1, 0.15) is 0 Å². The van der Waals surface area contributed by atoms with Crippen molar-refractivity contribution in [3.8, 4) is 0 Å². The van der Waals surface area contributed by atoms with Crippen molar-refractivity contribution in [2.75, 3.05) is 5.32 Å². The van der Waals surface area contributed by atoms with Crippen molar-refractivity contribution in [3.05, 3.63) is 53.1 Å². The zero-order valence-corrected chi connectivity index (χ0v) is 11.4. The first-order valence-corrected chi connectivity index (χ1v) is 6.43. The van der Waals surface area contributed by atoms with Crippen LogP contribution in [0.15, 0.2) is 36.4 Å². The highest BCUT2D eigenvalue weighted by Crippen LogP contribution is 2.25. The lowest BCUT2D eigenvalue weighted by Gasteiger charge is -2.11. The molecular weight excluding hydrogens is 234 g/mol. The summed E-state index contributed by atoms with van der Waals surface area (Å²) < 4.78 is 0. The molecule has 2 aromatic carbocycles. The van der Waals surface area contributed by atoms with E-state index in [1.165, 1.54) is 16.7 Å². The molecule has 3 aromatic rings. The average molecular weight is 251 g/mol. The Morgan fingerprint density at radius 3 is 2.37 bits per heavy atom. The van der Waals surface area contributed by atoms with Gasteiger partial charge in [0.15, 0.2) is 0 Å². The van der Waals surface area contributed by atoms with Crippen molar-refractivity contribution in [3.63, 3.8) is 0 Å². The predicted molar refractivity (Wildman–Crippen MR) is 80.0 cm³/mol. The van der Waals surface area contributed by atoms with E-state index < -0.39 is 0 Å². The van der Waals surface area contributed by atoms with E-state index in [-0.39, 0.29) is 0 Å². The van der Waals surface area contributed by atoms with Crippen LogP contribution in [-0.4, -0.2) is 9.97 Å². The number of imidazole rings is 1. The normalized spacial score (nSPS) is 10.9. The number of para-hydroxylation sites is 2. The number of fused-ring (bicyclic) bond motifs is 1. The van der Waals surface area contributed by atoms with Gasteiger partial charge in [-0.25, -0.2) is 4.98 Å². The standard InChI is InChI=1S/C16H17N3/c1-10-8-11(2)15(12(3)9-10)19-16-17-13-6-4-5-7-14(13)18-16/h4-9H,1-3H3,(H2,17,18,19). The Balaban J connectivity index is 2.01. The lowest BCUT2D eigenvalue weighted by Crippen LogP contribution is -1.98. The van der Waals surface area contributed by atoms with E-state index in [4.69, 9.17) is 0 Å². The average Bonchev–Trinajstić information content (AvgIpc) is 2.76. The van der Waals surface area contributed by atoms with E-state index in [2.05, 4.69) is 48.2 Å². The summed E-state index contributed by atoms with van der Waals surface area (Å²) in [4.78, 5) is 7.84. The molecule has 0 bridgehead atoms. The maximum absolute atomic E-state index is 4.55. The van der Waals surface area contributed by atoms with Crippen molar-refractivity contribution in [2.45, 2.75) is 20.8 Å². The molecule has 0 fully saturated rings. The number of rotatable bonds is 2. The number of aromatic amines is 1. The lowest BCUT2D eigenvalue weighted by atomic mass is 10.1. The Morgan fingerprint density at radius 2 is 1.68 bits per heavy atom. The summed E-state index contributed by atoms with van der Waals surface area (Å²) >= 11 is 0. The third-order valence-corrected chi connectivity index (χ3v) is 3.31. The number of nitrogens with zero attached hydrogens (tertiary/aromatic N) is 1. The molecule has 0 saturated heterocycles. The molecule has 3 nitrogen and oxygen atoms in total. The molecule has 1 aromatic heterocycles. The number of H-pyrrole nitrogens is 1. The zero-order chi connectivity index (χ0) is 13.4. The number of aryl methyl sites for hydroxylation is 3. The smallest absolute Gasteiger partial charge is 0.205 e. The summed E-state index contributed by atoms with van der Waals surface area (Å²) in [5.74, 6) is 0.788. The Hall–Kier alpha value is -2.29. The number of hydrogen-bond donors (Lipinski definition) is 2. The Kier molecular flexibility index (Phi) is 2.75. The minimum Gasteiger partial charge on any atom is -0.325 e. The fraction of sp³-hybridized carbons (Fsp3) is 0.188. The van der Waals surface area contributed by atoms with E-state index in [1.807, 2.05) is 24.3 Å². The van der Waals surface area contributed by atoms with Crippen LogP contribution >= 0.6 is 0 Å². The van der Waals surface area contributed by atoms with Gasteiger partial charge >= 0.3 is 0 Å². The number of nitrogens with one attached hydrogen (secondary N) is 2. The Morgan fingerprint density at radius 1 is 1.00 bits per heavy atom. The molecule has 0 aliphatic heterocycles. The van der Waals surface area contributed by atoms with Crippen LogP contribution in [0.25, 0.3) is 11.0 Å². The first-order valence-electron chi connectivity index (χ1n) is 6.43. The minimum absolute atomic E-state index is 0.788. The number of benzene rings is 2. The summed E-state index contributed by atoms with van der Waals surface area (Å²) in [7, 11) is 0. The molecule has 0 amide bonds. The maximum Gasteiger partial charge on any atom is 0.205 e. The molecule has 0 radical (unpaired) electrons. The van der Waals surface area contributed by atoms with Crippen LogP contribution in [0, 0.1) is 20.8 Å². The van der Waals surface area contributed by atoms with Crippen LogP contribution in [0.4, 0.5) is 11.6 Å². The molecule has 1 heterocycles. The van der Waals surface area contributed by atoms with Gasteiger partial charge in [-0.15, -0.1) is 0 Å². The van der Waals surface area contributed by atoms with Crippen LogP contribution in [0.1, 0.15) is 16.7 Å². The van der Waals surface area contributed by atoms with Gasteiger partial charge in [0.05, 0.1) is 11.0 Å². The van der Waals surface area contributed by atoms with E-state index in [0.29, 0.717) is 0 Å². The van der Waals surface area contributed by atoms with Gasteiger partial charge in [0, 0.05) is 5.69 Å². The molecule has 96 valence electrons. The molecule has 0 aliphatic rings. The second kappa shape index (κ2) is 4.43. The number of hydrogen-bond acceptors (Lipinski definition) is 2. The second-order valence-electron chi connectivity index (χ2n) is 5.00. The summed E-state index contributed by atoms with van der Waals surface area (Å²) in [5.41, 5.74) is 6.91. The number of aromatic nitrogens is 2. The summed E-state index contributed by atoms with van der Waals surface area (Å²) in [6.45, 7) is 6.35. The third-order valence-electron chi connectivity index (χ3n) is 3.31. The molecule has 3 heteroatoms. The van der Waals surface area contributed by atoms with Crippen molar-refractivity contribution < 1.29 is 0 Å². The maximum atomic E-state index is 4.55. The van der Waals surface area contributed by atoms with Crippen LogP contribution in [0.5, 0.6) is 0 Å². The Labute approximate surface area is 112 Å². The quantitative estimate of drug-likeness (QED) is 0.715. The van der Waals surface area contributed by atoms with E-state index in [1.54, 1.807) is 0 Å². The molecule has 19 heavy (non-hydrogen) atoms. The monoisotopic (exact) mass is 251 g/mol. The second-order valence-corrected chi connectivity index (χ2v) is 5.00. The molecule has 0 atom stereocenters. The zero-order valence-electron chi connectivity index (χ0n) is 11.4. The van der Waals surface area contributed by atoms with Crippen LogP contribution < -0.4 is 5.32 Å². The van der Waals surface area contributed by atoms with Gasteiger partial charge in [-0.2, -0.15) is 0 Å². The summed E-state index contributed by atoms with van der Waals surface area (Å²) in [6, 6.07) is 12.4. The predicted octanol–water partition coefficient (Wildman–Crippen LogP) is 4.23. The minimum atomic E-state index is 0.788. The molecule has 0 aliphatic carbocycles. The van der Waals surface area contributed by atoms with Crippen molar-refractivity contribution in [2.24, 2.45) is 0 Å². The third kappa shape index (κ3) is 2.19. The van der Waals surface area contributed by atoms with Gasteiger partial charge in [-0.3, -0.25) is 0 Å². The van der Waals surface area contributed by atoms with Crippen molar-refractivity contribution >= 4 is 22.7 Å². The van der Waals surface area contributed by atoms with E-state index >= 15 is 0 Å². The first kappa shape index (κ1) is 11.8. The van der Waals surface area contributed by atoms with Gasteiger partial charge in [-0.1, -0.05) is 29.8 Å². The molecular formula is C16H17N3.